The second-order valence-corrected chi connectivity index (χ2v) is 6.21. The summed E-state index contributed by atoms with van der Waals surface area (Å²) in [7, 11) is -0.669. The number of primary sulfonamides is 1. The molecule has 2 N–H and O–H groups in total. The molecule has 20 heavy (non-hydrogen) atoms. The van der Waals surface area contributed by atoms with Gasteiger partial charge in [-0.25, -0.2) is 13.6 Å². The number of aryl methyl sites for hydroxylation is 1. The number of rotatable bonds is 5. The number of nitrogens with two attached hydrogens (primary N) is 1. The largest absolute Gasteiger partial charge is 0.383 e. The molecule has 7 heteroatoms. The van der Waals surface area contributed by atoms with Crippen molar-refractivity contribution < 1.29 is 17.9 Å². The van der Waals surface area contributed by atoms with Gasteiger partial charge in [-0.05, 0) is 37.1 Å². The number of amides is 1. The third-order valence-corrected chi connectivity index (χ3v) is 4.19. The van der Waals surface area contributed by atoms with Crippen LogP contribution in [-0.2, 0) is 14.8 Å². The van der Waals surface area contributed by atoms with Crippen LogP contribution in [0.25, 0.3) is 0 Å². The highest BCUT2D eigenvalue weighted by atomic mass is 32.2. The van der Waals surface area contributed by atoms with E-state index < -0.39 is 10.0 Å². The Labute approximate surface area is 119 Å². The molecule has 1 amide bonds. The first-order valence-corrected chi connectivity index (χ1v) is 7.61. The zero-order valence-corrected chi connectivity index (χ0v) is 13.0. The van der Waals surface area contributed by atoms with Gasteiger partial charge in [-0.2, -0.15) is 0 Å². The van der Waals surface area contributed by atoms with Crippen LogP contribution >= 0.6 is 0 Å². The SMILES string of the molecule is COCCN(C)C(=O)c1cc(C)c(C)c(S(N)(=O)=O)c1. The number of carbonyl (C=O) groups excluding carboxylic acids is 1. The van der Waals surface area contributed by atoms with Crippen LogP contribution in [0.4, 0.5) is 0 Å². The molecular formula is C13H20N2O4S. The Kier molecular flexibility index (Phi) is 5.27. The first kappa shape index (κ1) is 16.6. The van der Waals surface area contributed by atoms with Gasteiger partial charge in [-0.1, -0.05) is 0 Å². The number of hydrogen-bond donors (Lipinski definition) is 1. The Hall–Kier alpha value is -1.44. The average molecular weight is 300 g/mol. The molecule has 1 aromatic carbocycles. The highest BCUT2D eigenvalue weighted by Crippen LogP contribution is 2.20. The van der Waals surface area contributed by atoms with Crippen LogP contribution in [0.1, 0.15) is 21.5 Å². The second kappa shape index (κ2) is 6.34. The number of ether oxygens (including phenoxy) is 1. The number of likely N-dealkylation sites (N-methyl/N-ethyl adjacent to an activating group) is 1. The minimum absolute atomic E-state index is 0.0130. The van der Waals surface area contributed by atoms with Crippen LogP contribution in [0.5, 0.6) is 0 Å². The van der Waals surface area contributed by atoms with Gasteiger partial charge >= 0.3 is 0 Å². The van der Waals surface area contributed by atoms with Crippen LogP contribution in [0, 0.1) is 13.8 Å². The maximum atomic E-state index is 12.2. The third-order valence-electron chi connectivity index (χ3n) is 3.15. The Bertz CT molecular complexity index is 611. The van der Waals surface area contributed by atoms with E-state index in [9.17, 15) is 13.2 Å². The Morgan fingerprint density at radius 1 is 1.35 bits per heavy atom. The van der Waals surface area contributed by atoms with Crippen LogP contribution in [0.15, 0.2) is 17.0 Å². The van der Waals surface area contributed by atoms with Gasteiger partial charge < -0.3 is 9.64 Å². The number of hydrogen-bond acceptors (Lipinski definition) is 4. The molecule has 1 rings (SSSR count). The number of benzene rings is 1. The van der Waals surface area contributed by atoms with Gasteiger partial charge in [0.25, 0.3) is 5.91 Å². The van der Waals surface area contributed by atoms with E-state index in [1.807, 2.05) is 0 Å². The summed E-state index contributed by atoms with van der Waals surface area (Å²) in [6.45, 7) is 4.25. The van der Waals surface area contributed by atoms with Gasteiger partial charge in [0, 0.05) is 26.3 Å². The Balaban J connectivity index is 3.21. The van der Waals surface area contributed by atoms with Gasteiger partial charge in [0.15, 0.2) is 0 Å². The molecule has 0 spiro atoms. The normalized spacial score (nSPS) is 11.4. The monoisotopic (exact) mass is 300 g/mol. The Morgan fingerprint density at radius 2 is 1.95 bits per heavy atom. The van der Waals surface area contributed by atoms with E-state index in [2.05, 4.69) is 0 Å². The Morgan fingerprint density at radius 3 is 2.45 bits per heavy atom. The molecule has 0 aliphatic rings. The lowest BCUT2D eigenvalue weighted by molar-refractivity contribution is 0.0744. The summed E-state index contributed by atoms with van der Waals surface area (Å²) in [4.78, 5) is 13.7. The molecule has 0 fully saturated rings. The molecule has 0 bridgehead atoms. The fourth-order valence-corrected chi connectivity index (χ4v) is 2.68. The number of nitrogens with zero attached hydrogens (tertiary/aromatic N) is 1. The first-order valence-electron chi connectivity index (χ1n) is 6.07. The summed E-state index contributed by atoms with van der Waals surface area (Å²) in [5.41, 5.74) is 1.57. The molecule has 0 saturated carbocycles. The minimum Gasteiger partial charge on any atom is -0.383 e. The lowest BCUT2D eigenvalue weighted by Crippen LogP contribution is -2.30. The van der Waals surface area contributed by atoms with E-state index in [0.29, 0.717) is 29.8 Å². The van der Waals surface area contributed by atoms with Crippen molar-refractivity contribution in [3.8, 4) is 0 Å². The molecule has 1 aromatic rings. The molecule has 6 nitrogen and oxygen atoms in total. The smallest absolute Gasteiger partial charge is 0.253 e. The molecule has 0 aliphatic heterocycles. The zero-order chi connectivity index (χ0) is 15.5. The number of sulfonamides is 1. The van der Waals surface area contributed by atoms with E-state index in [-0.39, 0.29) is 10.8 Å². The van der Waals surface area contributed by atoms with E-state index in [0.717, 1.165) is 0 Å². The van der Waals surface area contributed by atoms with Crippen molar-refractivity contribution in [1.29, 1.82) is 0 Å². The highest BCUT2D eigenvalue weighted by Gasteiger charge is 2.19. The summed E-state index contributed by atoms with van der Waals surface area (Å²) in [6, 6.07) is 2.99. The average Bonchev–Trinajstić information content (AvgIpc) is 2.36. The second-order valence-electron chi connectivity index (χ2n) is 4.68. The predicted octanol–water partition coefficient (Wildman–Crippen LogP) is 0.669. The van der Waals surface area contributed by atoms with Crippen molar-refractivity contribution in [3.63, 3.8) is 0 Å². The fraction of sp³-hybridized carbons (Fsp3) is 0.462. The molecule has 0 heterocycles. The molecule has 0 aromatic heterocycles. The molecule has 112 valence electrons. The van der Waals surface area contributed by atoms with E-state index in [1.54, 1.807) is 34.1 Å². The van der Waals surface area contributed by atoms with Crippen molar-refractivity contribution in [2.45, 2.75) is 18.7 Å². The number of carbonyl (C=O) groups is 1. The summed E-state index contributed by atoms with van der Waals surface area (Å²) in [5.74, 6) is -0.268. The van der Waals surface area contributed by atoms with Crippen molar-refractivity contribution in [2.24, 2.45) is 5.14 Å². The molecule has 0 unspecified atom stereocenters. The molecule has 0 aliphatic carbocycles. The van der Waals surface area contributed by atoms with Crippen molar-refractivity contribution in [3.05, 3.63) is 28.8 Å². The van der Waals surface area contributed by atoms with E-state index in [1.165, 1.54) is 11.0 Å². The van der Waals surface area contributed by atoms with Crippen LogP contribution in [0.3, 0.4) is 0 Å². The zero-order valence-electron chi connectivity index (χ0n) is 12.1. The standard InChI is InChI=1S/C13H20N2O4S/c1-9-7-11(13(16)15(3)5-6-19-4)8-12(10(9)2)20(14,17)18/h7-8H,5-6H2,1-4H3,(H2,14,17,18). The van der Waals surface area contributed by atoms with Crippen LogP contribution in [-0.4, -0.2) is 46.5 Å². The van der Waals surface area contributed by atoms with Gasteiger partial charge in [-0.3, -0.25) is 4.79 Å². The maximum Gasteiger partial charge on any atom is 0.253 e. The van der Waals surface area contributed by atoms with Crippen LogP contribution in [0.2, 0.25) is 0 Å². The minimum atomic E-state index is -3.85. The summed E-state index contributed by atoms with van der Waals surface area (Å²) in [6.07, 6.45) is 0. The van der Waals surface area contributed by atoms with E-state index >= 15 is 0 Å². The van der Waals surface area contributed by atoms with Crippen LogP contribution < -0.4 is 5.14 Å². The molecular weight excluding hydrogens is 280 g/mol. The van der Waals surface area contributed by atoms with Gasteiger partial charge in [0.05, 0.1) is 11.5 Å². The third kappa shape index (κ3) is 3.78. The molecule has 0 radical (unpaired) electrons. The summed E-state index contributed by atoms with van der Waals surface area (Å²) < 4.78 is 28.0. The van der Waals surface area contributed by atoms with Crippen molar-refractivity contribution in [1.82, 2.24) is 4.90 Å². The fourth-order valence-electron chi connectivity index (χ4n) is 1.80. The summed E-state index contributed by atoms with van der Waals surface area (Å²) >= 11 is 0. The quantitative estimate of drug-likeness (QED) is 0.865. The highest BCUT2D eigenvalue weighted by molar-refractivity contribution is 7.89. The predicted molar refractivity (Wildman–Crippen MR) is 76.1 cm³/mol. The van der Waals surface area contributed by atoms with Gasteiger partial charge in [-0.15, -0.1) is 0 Å². The van der Waals surface area contributed by atoms with Crippen molar-refractivity contribution >= 4 is 15.9 Å². The summed E-state index contributed by atoms with van der Waals surface area (Å²) in [5, 5.41) is 5.18. The van der Waals surface area contributed by atoms with Gasteiger partial charge in [0.2, 0.25) is 10.0 Å². The molecule has 0 atom stereocenters. The first-order chi connectivity index (χ1) is 9.18. The topological polar surface area (TPSA) is 89.7 Å². The lowest BCUT2D eigenvalue weighted by Gasteiger charge is -2.18. The van der Waals surface area contributed by atoms with Gasteiger partial charge in [0.1, 0.15) is 0 Å². The lowest BCUT2D eigenvalue weighted by atomic mass is 10.1. The van der Waals surface area contributed by atoms with Crippen molar-refractivity contribution in [2.75, 3.05) is 27.3 Å². The van der Waals surface area contributed by atoms with E-state index in [4.69, 9.17) is 9.88 Å². The number of methoxy groups -OCH3 is 1. The molecule has 0 saturated heterocycles. The maximum absolute atomic E-state index is 12.2.